The van der Waals surface area contributed by atoms with E-state index in [1.807, 2.05) is 36.3 Å². The van der Waals surface area contributed by atoms with E-state index in [4.69, 9.17) is 0 Å². The van der Waals surface area contributed by atoms with Crippen LogP contribution in [0.1, 0.15) is 37.7 Å². The Morgan fingerprint density at radius 3 is 2.79 bits per heavy atom. The van der Waals surface area contributed by atoms with Crippen molar-refractivity contribution in [2.24, 2.45) is 5.92 Å². The zero-order valence-corrected chi connectivity index (χ0v) is 12.1. The van der Waals surface area contributed by atoms with Gasteiger partial charge in [0, 0.05) is 10.9 Å². The van der Waals surface area contributed by atoms with Crippen LogP contribution >= 0.6 is 11.3 Å². The molecule has 0 bridgehead atoms. The number of hydrogen-bond donors (Lipinski definition) is 2. The van der Waals surface area contributed by atoms with Gasteiger partial charge in [-0.05, 0) is 36.8 Å². The van der Waals surface area contributed by atoms with Gasteiger partial charge >= 0.3 is 5.97 Å². The Morgan fingerprint density at radius 2 is 2.26 bits per heavy atom. The molecule has 0 aromatic carbocycles. The monoisotopic (exact) mass is 283 g/mol. The maximum absolute atomic E-state index is 11.3. The predicted molar refractivity (Wildman–Crippen MR) is 75.3 cm³/mol. The number of thiophene rings is 1. The van der Waals surface area contributed by atoms with Gasteiger partial charge in [0.15, 0.2) is 0 Å². The van der Waals surface area contributed by atoms with Crippen molar-refractivity contribution in [3.8, 4) is 0 Å². The summed E-state index contributed by atoms with van der Waals surface area (Å²) in [4.78, 5) is 14.2. The summed E-state index contributed by atoms with van der Waals surface area (Å²) in [7, 11) is 0. The molecule has 5 heteroatoms. The van der Waals surface area contributed by atoms with Crippen LogP contribution in [0.3, 0.4) is 0 Å². The molecule has 1 aromatic heterocycles. The molecular weight excluding hydrogens is 262 g/mol. The van der Waals surface area contributed by atoms with Gasteiger partial charge in [-0.1, -0.05) is 19.9 Å². The highest BCUT2D eigenvalue weighted by Crippen LogP contribution is 2.33. The quantitative estimate of drug-likeness (QED) is 0.871. The third kappa shape index (κ3) is 2.99. The van der Waals surface area contributed by atoms with Crippen LogP contribution in [-0.4, -0.2) is 39.7 Å². The number of carboxylic acids is 1. The molecule has 2 heterocycles. The normalized spacial score (nSPS) is 23.7. The first-order valence-corrected chi connectivity index (χ1v) is 7.60. The maximum atomic E-state index is 11.3. The Kier molecular flexibility index (Phi) is 4.60. The lowest BCUT2D eigenvalue weighted by molar-refractivity contribution is -0.144. The number of carboxylic acid groups (broad SMARTS) is 1. The molecule has 0 radical (unpaired) electrons. The van der Waals surface area contributed by atoms with Crippen LogP contribution in [0.25, 0.3) is 0 Å². The molecule has 4 nitrogen and oxygen atoms in total. The van der Waals surface area contributed by atoms with Crippen LogP contribution in [0.2, 0.25) is 0 Å². The van der Waals surface area contributed by atoms with Gasteiger partial charge in [0.1, 0.15) is 12.1 Å². The average molecular weight is 283 g/mol. The van der Waals surface area contributed by atoms with Crippen LogP contribution in [0, 0.1) is 5.92 Å². The lowest BCUT2D eigenvalue weighted by Gasteiger charge is -2.36. The minimum Gasteiger partial charge on any atom is -0.480 e. The summed E-state index contributed by atoms with van der Waals surface area (Å²) in [5.74, 6) is -0.571. The molecule has 0 amide bonds. The van der Waals surface area contributed by atoms with Crippen LogP contribution < -0.4 is 0 Å². The van der Waals surface area contributed by atoms with Gasteiger partial charge in [0.05, 0.1) is 0 Å². The summed E-state index contributed by atoms with van der Waals surface area (Å²) in [5.41, 5.74) is 0. The van der Waals surface area contributed by atoms with Gasteiger partial charge in [-0.15, -0.1) is 11.3 Å². The number of hydrogen-bond acceptors (Lipinski definition) is 4. The standard InChI is InChI=1S/C14H21NO3S/c1-9(2)12(13(16)11-6-4-8-19-11)15-7-3-5-10(15)14(17)18/h4,6,8-10,12-13,16H,3,5,7H2,1-2H3,(H,17,18). The van der Waals surface area contributed by atoms with Gasteiger partial charge < -0.3 is 10.2 Å². The Hall–Kier alpha value is -0.910. The highest BCUT2D eigenvalue weighted by atomic mass is 32.1. The minimum absolute atomic E-state index is 0.137. The zero-order chi connectivity index (χ0) is 14.0. The third-order valence-electron chi connectivity index (χ3n) is 3.80. The van der Waals surface area contributed by atoms with E-state index in [9.17, 15) is 15.0 Å². The van der Waals surface area contributed by atoms with Crippen molar-refractivity contribution in [3.63, 3.8) is 0 Å². The van der Waals surface area contributed by atoms with E-state index >= 15 is 0 Å². The van der Waals surface area contributed by atoms with Gasteiger partial charge in [0.25, 0.3) is 0 Å². The number of aliphatic carboxylic acids is 1. The van der Waals surface area contributed by atoms with Gasteiger partial charge in [0.2, 0.25) is 0 Å². The van der Waals surface area contributed by atoms with E-state index in [1.165, 1.54) is 11.3 Å². The number of likely N-dealkylation sites (tertiary alicyclic amines) is 1. The molecule has 1 fully saturated rings. The van der Waals surface area contributed by atoms with Crippen LogP contribution in [0.5, 0.6) is 0 Å². The fourth-order valence-corrected chi connectivity index (χ4v) is 3.72. The fourth-order valence-electron chi connectivity index (χ4n) is 2.97. The molecule has 1 saturated heterocycles. The van der Waals surface area contributed by atoms with Crippen molar-refractivity contribution in [2.75, 3.05) is 6.54 Å². The number of rotatable bonds is 5. The topological polar surface area (TPSA) is 60.8 Å². The largest absolute Gasteiger partial charge is 0.480 e. The molecule has 0 saturated carbocycles. The molecule has 1 aromatic rings. The van der Waals surface area contributed by atoms with Crippen LogP contribution in [-0.2, 0) is 4.79 Å². The lowest BCUT2D eigenvalue weighted by Crippen LogP contribution is -2.48. The Balaban J connectivity index is 2.22. The second-order valence-electron chi connectivity index (χ2n) is 5.43. The highest BCUT2D eigenvalue weighted by Gasteiger charge is 2.40. The molecule has 2 N–H and O–H groups in total. The lowest BCUT2D eigenvalue weighted by atomic mass is 9.95. The van der Waals surface area contributed by atoms with Crippen molar-refractivity contribution in [1.82, 2.24) is 4.90 Å². The molecule has 1 aliphatic heterocycles. The summed E-state index contributed by atoms with van der Waals surface area (Å²) in [5, 5.41) is 21.8. The molecule has 106 valence electrons. The van der Waals surface area contributed by atoms with E-state index in [1.54, 1.807) is 0 Å². The SMILES string of the molecule is CC(C)C(C(O)c1cccs1)N1CCCC1C(=O)O. The van der Waals surface area contributed by atoms with Crippen molar-refractivity contribution in [3.05, 3.63) is 22.4 Å². The number of aliphatic hydroxyl groups excluding tert-OH is 1. The summed E-state index contributed by atoms with van der Waals surface area (Å²) < 4.78 is 0. The van der Waals surface area contributed by atoms with Crippen LogP contribution in [0.4, 0.5) is 0 Å². The van der Waals surface area contributed by atoms with Crippen molar-refractivity contribution >= 4 is 17.3 Å². The second-order valence-corrected chi connectivity index (χ2v) is 6.41. The average Bonchev–Trinajstić information content (AvgIpc) is 2.99. The molecular formula is C14H21NO3S. The van der Waals surface area contributed by atoms with E-state index in [0.717, 1.165) is 17.8 Å². The van der Waals surface area contributed by atoms with Gasteiger partial charge in [-0.25, -0.2) is 0 Å². The highest BCUT2D eigenvalue weighted by molar-refractivity contribution is 7.10. The first kappa shape index (κ1) is 14.5. The van der Waals surface area contributed by atoms with Gasteiger partial charge in [-0.3, -0.25) is 9.69 Å². The van der Waals surface area contributed by atoms with Gasteiger partial charge in [-0.2, -0.15) is 0 Å². The molecule has 3 atom stereocenters. The predicted octanol–water partition coefficient (Wildman–Crippen LogP) is 2.36. The fraction of sp³-hybridized carbons (Fsp3) is 0.643. The zero-order valence-electron chi connectivity index (χ0n) is 11.3. The smallest absolute Gasteiger partial charge is 0.320 e. The van der Waals surface area contributed by atoms with E-state index in [-0.39, 0.29) is 12.0 Å². The van der Waals surface area contributed by atoms with Crippen LogP contribution in [0.15, 0.2) is 17.5 Å². The first-order valence-electron chi connectivity index (χ1n) is 6.72. The summed E-state index contributed by atoms with van der Waals surface area (Å²) in [6.45, 7) is 4.83. The van der Waals surface area contributed by atoms with Crippen molar-refractivity contribution in [1.29, 1.82) is 0 Å². The summed E-state index contributed by atoms with van der Waals surface area (Å²) in [6.07, 6.45) is 0.951. The number of carbonyl (C=O) groups is 1. The third-order valence-corrected chi connectivity index (χ3v) is 4.75. The number of aliphatic hydroxyl groups is 1. The van der Waals surface area contributed by atoms with Crippen molar-refractivity contribution in [2.45, 2.75) is 44.9 Å². The molecule has 0 spiro atoms. The molecule has 1 aliphatic rings. The maximum Gasteiger partial charge on any atom is 0.320 e. The van der Waals surface area contributed by atoms with E-state index in [0.29, 0.717) is 6.42 Å². The molecule has 3 unspecified atom stereocenters. The number of nitrogens with zero attached hydrogens (tertiary/aromatic N) is 1. The van der Waals surface area contributed by atoms with E-state index in [2.05, 4.69) is 0 Å². The first-order chi connectivity index (χ1) is 9.02. The molecule has 2 rings (SSSR count). The minimum atomic E-state index is -0.776. The summed E-state index contributed by atoms with van der Waals surface area (Å²) >= 11 is 1.52. The summed E-state index contributed by atoms with van der Waals surface area (Å²) in [6, 6.07) is 3.24. The Bertz CT molecular complexity index is 418. The second kappa shape index (κ2) is 6.03. The Morgan fingerprint density at radius 1 is 1.53 bits per heavy atom. The van der Waals surface area contributed by atoms with E-state index < -0.39 is 18.1 Å². The van der Waals surface area contributed by atoms with Crippen molar-refractivity contribution < 1.29 is 15.0 Å². The molecule has 19 heavy (non-hydrogen) atoms. The Labute approximate surface area is 117 Å². The molecule has 0 aliphatic carbocycles.